The van der Waals surface area contributed by atoms with Gasteiger partial charge in [0.15, 0.2) is 23.3 Å². The van der Waals surface area contributed by atoms with E-state index in [0.29, 0.717) is 11.4 Å². The Morgan fingerprint density at radius 1 is 0.344 bits per heavy atom. The first kappa shape index (κ1) is 41.8. The molecule has 61 heavy (non-hydrogen) atoms. The zero-order chi connectivity index (χ0) is 44.9. The maximum absolute atomic E-state index is 16.1. The highest BCUT2D eigenvalue weighted by Crippen LogP contribution is 2.49. The van der Waals surface area contributed by atoms with Crippen LogP contribution in [0.3, 0.4) is 0 Å². The molecule has 0 saturated heterocycles. The van der Waals surface area contributed by atoms with E-state index < -0.39 is 40.2 Å². The minimum atomic E-state index is -2.26. The number of nitrogens with zero attached hydrogens (tertiary/aromatic N) is 3. The molecule has 2 aromatic heterocycles. The zero-order valence-corrected chi connectivity index (χ0v) is 37.9. The number of hydrogen-bond acceptors (Lipinski definition) is 1. The predicted octanol–water partition coefficient (Wildman–Crippen LogP) is 15.0. The van der Waals surface area contributed by atoms with Crippen LogP contribution < -0.4 is 0 Å². The summed E-state index contributed by atoms with van der Waals surface area (Å²) in [7, 11) is 0. The molecule has 0 aliphatic heterocycles. The molecule has 0 saturated carbocycles. The third-order valence-electron chi connectivity index (χ3n) is 15.2. The van der Waals surface area contributed by atoms with Crippen LogP contribution in [0.5, 0.6) is 0 Å². The van der Waals surface area contributed by atoms with Gasteiger partial charge < -0.3 is 9.13 Å². The number of rotatable bonds is 3. The summed E-state index contributed by atoms with van der Waals surface area (Å²) >= 11 is 0. The van der Waals surface area contributed by atoms with Gasteiger partial charge in [-0.25, -0.2) is 22.0 Å². The molecule has 6 aromatic carbocycles. The van der Waals surface area contributed by atoms with Crippen molar-refractivity contribution in [3.8, 4) is 28.6 Å². The van der Waals surface area contributed by atoms with Crippen molar-refractivity contribution in [2.45, 2.75) is 111 Å². The topological polar surface area (TPSA) is 33.6 Å². The highest BCUT2D eigenvalue weighted by molar-refractivity contribution is 6.18. The summed E-state index contributed by atoms with van der Waals surface area (Å²) in [5.41, 5.74) is 20.1. The predicted molar refractivity (Wildman–Crippen MR) is 241 cm³/mol. The Labute approximate surface area is 354 Å². The highest BCUT2D eigenvalue weighted by atomic mass is 19.2. The van der Waals surface area contributed by atoms with Gasteiger partial charge in [-0.05, 0) is 212 Å². The second kappa shape index (κ2) is 13.8. The van der Waals surface area contributed by atoms with Crippen molar-refractivity contribution in [1.82, 2.24) is 9.13 Å². The van der Waals surface area contributed by atoms with Crippen molar-refractivity contribution in [3.63, 3.8) is 0 Å². The quantitative estimate of drug-likeness (QED) is 0.0993. The smallest absolute Gasteiger partial charge is 0.200 e. The van der Waals surface area contributed by atoms with Gasteiger partial charge in [-0.15, -0.1) is 0 Å². The fraction of sp³-hybridized carbons (Fsp3) is 0.302. The van der Waals surface area contributed by atoms with Gasteiger partial charge in [-0.3, -0.25) is 0 Å². The lowest BCUT2D eigenvalue weighted by Crippen LogP contribution is -2.10. The van der Waals surface area contributed by atoms with Gasteiger partial charge in [0.2, 0.25) is 5.82 Å². The average molecular weight is 824 g/mol. The van der Waals surface area contributed by atoms with E-state index in [0.717, 1.165) is 133 Å². The second-order valence-electron chi connectivity index (χ2n) is 17.5. The van der Waals surface area contributed by atoms with Gasteiger partial charge in [-0.2, -0.15) is 5.26 Å². The van der Waals surface area contributed by atoms with Gasteiger partial charge >= 0.3 is 0 Å². The summed E-state index contributed by atoms with van der Waals surface area (Å²) in [5.74, 6) is -10.4. The van der Waals surface area contributed by atoms with Crippen molar-refractivity contribution >= 4 is 43.6 Å². The van der Waals surface area contributed by atoms with Crippen LogP contribution in [-0.2, 0) is 0 Å². The minimum absolute atomic E-state index is 0.242. The Balaban J connectivity index is 1.78. The lowest BCUT2D eigenvalue weighted by molar-refractivity contribution is 0.381. The maximum Gasteiger partial charge on any atom is 0.200 e. The zero-order valence-electron chi connectivity index (χ0n) is 37.9. The fourth-order valence-corrected chi connectivity index (χ4v) is 10.3. The molecule has 0 aliphatic carbocycles. The molecular formula is C53H50F5N3. The third-order valence-corrected chi connectivity index (χ3v) is 15.2. The molecular weight excluding hydrogens is 774 g/mol. The van der Waals surface area contributed by atoms with Gasteiger partial charge in [0, 0.05) is 27.1 Å². The monoisotopic (exact) mass is 823 g/mol. The van der Waals surface area contributed by atoms with E-state index in [4.69, 9.17) is 0 Å². The molecule has 0 spiro atoms. The standard InChI is InChI=1S/C53H50F5N3/c1-20-24(5)32(13)50-40(28(20)9)41-29(10)21(2)25(6)33(14)51(41)60(50)38-17-36(19-59)37(44-45(54)47(56)49(58)48(57)46(44)55)18-39(38)61-52-34(15)26(7)22(3)30(11)42(52)43-31(12)23(4)27(8)35(16)53(43)61/h17-18H,1-16H3. The molecule has 0 fully saturated rings. The van der Waals surface area contributed by atoms with Gasteiger partial charge in [0.25, 0.3) is 0 Å². The maximum atomic E-state index is 16.1. The molecule has 0 radical (unpaired) electrons. The number of hydrogen-bond donors (Lipinski definition) is 0. The number of aromatic nitrogens is 2. The molecule has 312 valence electrons. The summed E-state index contributed by atoms with van der Waals surface area (Å²) in [5, 5.41) is 15.1. The molecule has 0 amide bonds. The minimum Gasteiger partial charge on any atom is -0.307 e. The van der Waals surface area contributed by atoms with Crippen molar-refractivity contribution in [2.24, 2.45) is 0 Å². The Hall–Kier alpha value is -5.94. The summed E-state index contributed by atoms with van der Waals surface area (Å²) in [6.07, 6.45) is 0. The number of aryl methyl sites for hydroxylation is 8. The van der Waals surface area contributed by atoms with Crippen LogP contribution in [0, 0.1) is 151 Å². The summed E-state index contributed by atoms with van der Waals surface area (Å²) in [6, 6.07) is 5.18. The number of fused-ring (bicyclic) bond motifs is 6. The van der Waals surface area contributed by atoms with Gasteiger partial charge in [0.1, 0.15) is 0 Å². The first-order chi connectivity index (χ1) is 28.5. The van der Waals surface area contributed by atoms with Crippen LogP contribution >= 0.6 is 0 Å². The average Bonchev–Trinajstić information content (AvgIpc) is 3.79. The van der Waals surface area contributed by atoms with Crippen molar-refractivity contribution in [3.05, 3.63) is 136 Å². The molecule has 8 aromatic rings. The van der Waals surface area contributed by atoms with E-state index in [1.807, 2.05) is 0 Å². The molecule has 0 atom stereocenters. The summed E-state index contributed by atoms with van der Waals surface area (Å²) in [6.45, 7) is 33.7. The van der Waals surface area contributed by atoms with Crippen LogP contribution in [0.25, 0.3) is 66.1 Å². The normalized spacial score (nSPS) is 12.0. The van der Waals surface area contributed by atoms with E-state index in [9.17, 15) is 9.65 Å². The van der Waals surface area contributed by atoms with Crippen LogP contribution in [0.4, 0.5) is 22.0 Å². The Morgan fingerprint density at radius 3 is 0.869 bits per heavy atom. The molecule has 0 N–H and O–H groups in total. The molecule has 2 heterocycles. The van der Waals surface area contributed by atoms with E-state index in [-0.39, 0.29) is 5.56 Å². The highest BCUT2D eigenvalue weighted by Gasteiger charge is 2.33. The van der Waals surface area contributed by atoms with Gasteiger partial charge in [0.05, 0.1) is 50.6 Å². The first-order valence-electron chi connectivity index (χ1n) is 20.7. The van der Waals surface area contributed by atoms with E-state index in [1.54, 1.807) is 6.07 Å². The van der Waals surface area contributed by atoms with E-state index in [2.05, 4.69) is 126 Å². The lowest BCUT2D eigenvalue weighted by atomic mass is 9.90. The number of benzene rings is 6. The van der Waals surface area contributed by atoms with Crippen LogP contribution in [-0.4, -0.2) is 9.13 Å². The summed E-state index contributed by atoms with van der Waals surface area (Å²) in [4.78, 5) is 0. The molecule has 0 aliphatic rings. The molecule has 8 rings (SSSR count). The third kappa shape index (κ3) is 5.19. The largest absolute Gasteiger partial charge is 0.307 e. The Kier molecular flexibility index (Phi) is 9.44. The Morgan fingerprint density at radius 2 is 0.590 bits per heavy atom. The fourth-order valence-electron chi connectivity index (χ4n) is 10.3. The van der Waals surface area contributed by atoms with Crippen molar-refractivity contribution in [1.29, 1.82) is 5.26 Å². The molecule has 3 nitrogen and oxygen atoms in total. The van der Waals surface area contributed by atoms with E-state index in [1.165, 1.54) is 6.07 Å². The first-order valence-corrected chi connectivity index (χ1v) is 20.7. The summed E-state index contributed by atoms with van der Waals surface area (Å²) < 4.78 is 81.6. The lowest BCUT2D eigenvalue weighted by Gasteiger charge is -2.23. The SMILES string of the molecule is Cc1c(C)c(C)c2c(c1C)c1c(C)c(C)c(C)c(C)c1n2-c1cc(C#N)c(-c2c(F)c(F)c(F)c(F)c2F)cc1-n1c2c(C)c(C)c(C)c(C)c2c2c(C)c(C)c(C)c(C)c21. The van der Waals surface area contributed by atoms with Crippen LogP contribution in [0.15, 0.2) is 12.1 Å². The molecule has 0 unspecified atom stereocenters. The van der Waals surface area contributed by atoms with Crippen molar-refractivity contribution < 1.29 is 22.0 Å². The molecule has 8 heteroatoms. The second-order valence-corrected chi connectivity index (χ2v) is 17.5. The number of halogens is 5. The Bertz CT molecular complexity index is 3240. The van der Waals surface area contributed by atoms with Gasteiger partial charge in [-0.1, -0.05) is 0 Å². The van der Waals surface area contributed by atoms with Crippen LogP contribution in [0.2, 0.25) is 0 Å². The number of nitriles is 1. The van der Waals surface area contributed by atoms with E-state index >= 15 is 17.6 Å². The van der Waals surface area contributed by atoms with Crippen LogP contribution in [0.1, 0.15) is 94.6 Å². The molecule has 0 bridgehead atoms. The van der Waals surface area contributed by atoms with Crippen molar-refractivity contribution in [2.75, 3.05) is 0 Å².